The van der Waals surface area contributed by atoms with Gasteiger partial charge in [-0.3, -0.25) is 9.69 Å². The van der Waals surface area contributed by atoms with Gasteiger partial charge in [0.25, 0.3) is 5.91 Å². The van der Waals surface area contributed by atoms with E-state index in [9.17, 15) is 4.79 Å². The zero-order chi connectivity index (χ0) is 23.0. The number of para-hydroxylation sites is 1. The molecule has 3 fully saturated rings. The second kappa shape index (κ2) is 5.80. The van der Waals surface area contributed by atoms with Crippen LogP contribution in [0.4, 0.5) is 5.69 Å². The normalized spacial score (nSPS) is 34.3. The van der Waals surface area contributed by atoms with Gasteiger partial charge >= 0.3 is 0 Å². The fourth-order valence-corrected chi connectivity index (χ4v) is 8.81. The Morgan fingerprint density at radius 1 is 1.12 bits per heavy atom. The fourth-order valence-electron chi connectivity index (χ4n) is 8.81. The summed E-state index contributed by atoms with van der Waals surface area (Å²) in [5.74, 6) is 1.58. The Bertz CT molecular complexity index is 1410. The molecule has 6 nitrogen and oxygen atoms in total. The van der Waals surface area contributed by atoms with Gasteiger partial charge in [-0.05, 0) is 42.5 Å². The summed E-state index contributed by atoms with van der Waals surface area (Å²) in [5, 5.41) is 5.19. The predicted octanol–water partition coefficient (Wildman–Crippen LogP) is 4.18. The Labute approximate surface area is 199 Å². The molecule has 3 saturated heterocycles. The van der Waals surface area contributed by atoms with E-state index in [1.54, 1.807) is 7.11 Å². The molecule has 1 aromatic heterocycles. The molecule has 1 amide bonds. The number of carbonyl (C=O) groups is 1. The van der Waals surface area contributed by atoms with Crippen LogP contribution in [0.2, 0.25) is 0 Å². The number of H-pyrrole nitrogens is 1. The number of nitrogens with one attached hydrogen (secondary N) is 2. The van der Waals surface area contributed by atoms with Crippen LogP contribution in [0.25, 0.3) is 10.9 Å². The highest BCUT2D eigenvalue weighted by molar-refractivity contribution is 5.97. The third kappa shape index (κ3) is 1.81. The van der Waals surface area contributed by atoms with E-state index < -0.39 is 5.54 Å². The summed E-state index contributed by atoms with van der Waals surface area (Å²) < 4.78 is 5.52. The minimum atomic E-state index is -0.636. The van der Waals surface area contributed by atoms with Crippen molar-refractivity contribution in [2.24, 2.45) is 5.41 Å². The van der Waals surface area contributed by atoms with Crippen molar-refractivity contribution in [3.8, 4) is 5.75 Å². The number of benzene rings is 2. The number of hydrogen-bond donors (Lipinski definition) is 2. The van der Waals surface area contributed by atoms with Gasteiger partial charge in [0, 0.05) is 47.1 Å². The Hall–Kier alpha value is -2.99. The van der Waals surface area contributed by atoms with Crippen LogP contribution in [0, 0.1) is 5.41 Å². The number of piperidine rings is 2. The minimum Gasteiger partial charge on any atom is -0.497 e. The van der Waals surface area contributed by atoms with Crippen molar-refractivity contribution in [2.45, 2.75) is 56.3 Å². The van der Waals surface area contributed by atoms with Crippen LogP contribution in [-0.2, 0) is 16.8 Å². The number of carbonyl (C=O) groups excluding carboxylic acids is 1. The fraction of sp³-hybridized carbons (Fsp3) is 0.464. The largest absolute Gasteiger partial charge is 0.497 e. The van der Waals surface area contributed by atoms with Crippen LogP contribution in [-0.4, -0.2) is 52.6 Å². The van der Waals surface area contributed by atoms with Crippen molar-refractivity contribution in [2.75, 3.05) is 25.5 Å². The number of anilines is 1. The first kappa shape index (κ1) is 19.3. The first-order valence-corrected chi connectivity index (χ1v) is 12.6. The van der Waals surface area contributed by atoms with E-state index in [1.165, 1.54) is 22.2 Å². The lowest BCUT2D eigenvalue weighted by Gasteiger charge is -2.52. The molecular formula is C28H30N4O2. The molecule has 0 saturated carbocycles. The third-order valence-corrected chi connectivity index (χ3v) is 9.87. The highest BCUT2D eigenvalue weighted by Crippen LogP contribution is 2.70. The van der Waals surface area contributed by atoms with Gasteiger partial charge in [-0.1, -0.05) is 38.1 Å². The highest BCUT2D eigenvalue weighted by atomic mass is 16.5. The number of rotatable bonds is 1. The molecule has 5 aliphatic heterocycles. The summed E-state index contributed by atoms with van der Waals surface area (Å²) in [6.45, 7) is 6.36. The van der Waals surface area contributed by atoms with Gasteiger partial charge in [0.2, 0.25) is 0 Å². The molecule has 4 atom stereocenters. The lowest BCUT2D eigenvalue weighted by atomic mass is 9.64. The Kier molecular flexibility index (Phi) is 3.30. The molecule has 6 heteroatoms. The zero-order valence-corrected chi connectivity index (χ0v) is 19.9. The first-order chi connectivity index (χ1) is 16.4. The smallest absolute Gasteiger partial charge is 0.251 e. The van der Waals surface area contributed by atoms with Crippen molar-refractivity contribution in [3.05, 3.63) is 59.3 Å². The molecule has 0 aliphatic carbocycles. The lowest BCUT2D eigenvalue weighted by Crippen LogP contribution is -2.67. The Morgan fingerprint density at radius 2 is 1.97 bits per heavy atom. The van der Waals surface area contributed by atoms with Gasteiger partial charge in [-0.25, -0.2) is 0 Å². The average molecular weight is 455 g/mol. The minimum absolute atomic E-state index is 0.182. The molecule has 2 N–H and O–H groups in total. The number of nitrogens with zero attached hydrogens (tertiary/aromatic N) is 2. The zero-order valence-electron chi connectivity index (χ0n) is 19.9. The van der Waals surface area contributed by atoms with E-state index >= 15 is 0 Å². The molecule has 2 unspecified atom stereocenters. The standard InChI is InChI=1S/C28H30N4O2/c1-26(2)15-27-23-19(18-9-8-16(34-3)14-22(18)30-23)10-12-31(27)25(33)28(26)24-20(11-13-32(27)28)17-6-4-5-7-21(17)29-24/h4-9,14,19,23,29-30H,10-13,15H2,1-3H3/t19?,23?,27-,28+/m1/s1. The molecule has 3 aromatic rings. The summed E-state index contributed by atoms with van der Waals surface area (Å²) >= 11 is 0. The van der Waals surface area contributed by atoms with E-state index in [0.717, 1.165) is 49.3 Å². The lowest BCUT2D eigenvalue weighted by molar-refractivity contribution is -0.147. The van der Waals surface area contributed by atoms with E-state index in [4.69, 9.17) is 4.74 Å². The van der Waals surface area contributed by atoms with Gasteiger partial charge in [-0.15, -0.1) is 0 Å². The summed E-state index contributed by atoms with van der Waals surface area (Å²) in [6, 6.07) is 15.2. The summed E-state index contributed by atoms with van der Waals surface area (Å²) in [5.41, 5.74) is 5.04. The number of methoxy groups -OCH3 is 1. The van der Waals surface area contributed by atoms with Crippen LogP contribution >= 0.6 is 0 Å². The van der Waals surface area contributed by atoms with Crippen molar-refractivity contribution in [1.29, 1.82) is 0 Å². The predicted molar refractivity (Wildman–Crippen MR) is 131 cm³/mol. The van der Waals surface area contributed by atoms with Gasteiger partial charge in [0.05, 0.1) is 18.8 Å². The number of aromatic nitrogens is 1. The number of aromatic amines is 1. The van der Waals surface area contributed by atoms with Crippen LogP contribution in [0.1, 0.15) is 49.4 Å². The number of ether oxygens (including phenoxy) is 1. The topological polar surface area (TPSA) is 60.6 Å². The van der Waals surface area contributed by atoms with Gasteiger partial charge in [0.15, 0.2) is 0 Å². The second-order valence-electron chi connectivity index (χ2n) is 11.5. The van der Waals surface area contributed by atoms with Gasteiger partial charge in [-0.2, -0.15) is 0 Å². The Balaban J connectivity index is 1.35. The number of amides is 1. The van der Waals surface area contributed by atoms with Crippen LogP contribution < -0.4 is 10.1 Å². The third-order valence-electron chi connectivity index (χ3n) is 9.87. The van der Waals surface area contributed by atoms with Crippen LogP contribution in [0.3, 0.4) is 0 Å². The SMILES string of the molecule is COc1ccc2c(c1)NC1C2CCN2C(=O)[C@]34c5[nH]c6ccccc6c5CCN3[C@]12CC4(C)C. The van der Waals surface area contributed by atoms with Gasteiger partial charge < -0.3 is 19.9 Å². The molecule has 2 aromatic carbocycles. The van der Waals surface area contributed by atoms with Crippen molar-refractivity contribution < 1.29 is 9.53 Å². The number of fused-ring (bicyclic) bond motifs is 6. The Morgan fingerprint density at radius 3 is 2.82 bits per heavy atom. The van der Waals surface area contributed by atoms with E-state index in [-0.39, 0.29) is 17.1 Å². The summed E-state index contributed by atoms with van der Waals surface area (Å²) in [7, 11) is 1.72. The van der Waals surface area contributed by atoms with E-state index in [0.29, 0.717) is 11.8 Å². The first-order valence-electron chi connectivity index (χ1n) is 12.6. The van der Waals surface area contributed by atoms with E-state index in [1.807, 2.05) is 0 Å². The molecule has 34 heavy (non-hydrogen) atoms. The molecule has 1 spiro atoms. The maximum absolute atomic E-state index is 14.6. The second-order valence-corrected chi connectivity index (χ2v) is 11.5. The maximum Gasteiger partial charge on any atom is 0.251 e. The monoisotopic (exact) mass is 454 g/mol. The molecule has 8 rings (SSSR count). The molecule has 5 aliphatic rings. The molecule has 174 valence electrons. The molecule has 2 bridgehead atoms. The maximum atomic E-state index is 14.6. The van der Waals surface area contributed by atoms with Crippen molar-refractivity contribution in [1.82, 2.24) is 14.8 Å². The molecule has 0 radical (unpaired) electrons. The summed E-state index contributed by atoms with van der Waals surface area (Å²) in [6.07, 6.45) is 2.94. The number of hydrogen-bond acceptors (Lipinski definition) is 4. The summed E-state index contributed by atoms with van der Waals surface area (Å²) in [4.78, 5) is 23.2. The average Bonchev–Trinajstić information content (AvgIpc) is 3.51. The van der Waals surface area contributed by atoms with Gasteiger partial charge in [0.1, 0.15) is 17.0 Å². The van der Waals surface area contributed by atoms with Crippen molar-refractivity contribution >= 4 is 22.5 Å². The van der Waals surface area contributed by atoms with E-state index in [2.05, 4.69) is 76.4 Å². The van der Waals surface area contributed by atoms with Crippen LogP contribution in [0.5, 0.6) is 5.75 Å². The highest BCUT2D eigenvalue weighted by Gasteiger charge is 2.82. The quantitative estimate of drug-likeness (QED) is 0.579. The molecule has 6 heterocycles. The van der Waals surface area contributed by atoms with Crippen LogP contribution in [0.15, 0.2) is 42.5 Å². The molecular weight excluding hydrogens is 424 g/mol. The van der Waals surface area contributed by atoms with Crippen molar-refractivity contribution in [3.63, 3.8) is 0 Å².